The van der Waals surface area contributed by atoms with Crippen molar-refractivity contribution >= 4 is 34.9 Å². The van der Waals surface area contributed by atoms with Crippen LogP contribution in [0.5, 0.6) is 0 Å². The Morgan fingerprint density at radius 3 is 2.39 bits per heavy atom. The maximum Gasteiger partial charge on any atom is 0.224 e. The summed E-state index contributed by atoms with van der Waals surface area (Å²) in [6.45, 7) is 7.62. The Labute approximate surface area is 235 Å². The van der Waals surface area contributed by atoms with Crippen LogP contribution in [-0.4, -0.2) is 16.5 Å². The van der Waals surface area contributed by atoms with E-state index < -0.39 is 0 Å². The molecule has 38 heavy (non-hydrogen) atoms. The van der Waals surface area contributed by atoms with Gasteiger partial charge in [0.2, 0.25) is 5.91 Å². The average Bonchev–Trinajstić information content (AvgIpc) is 3.27. The zero-order valence-corrected chi connectivity index (χ0v) is 24.3. The van der Waals surface area contributed by atoms with Crippen molar-refractivity contribution in [1.82, 2.24) is 4.57 Å². The maximum atomic E-state index is 12.7. The smallest absolute Gasteiger partial charge is 0.224 e. The number of amides is 1. The van der Waals surface area contributed by atoms with Gasteiger partial charge in [0.1, 0.15) is 0 Å². The lowest BCUT2D eigenvalue weighted by Gasteiger charge is -2.31. The lowest BCUT2D eigenvalue weighted by molar-refractivity contribution is -0.115. The summed E-state index contributed by atoms with van der Waals surface area (Å²) in [7, 11) is 0. The third-order valence-electron chi connectivity index (χ3n) is 8.90. The largest absolute Gasteiger partial charge is 0.347 e. The van der Waals surface area contributed by atoms with E-state index in [1.165, 1.54) is 65.3 Å². The topological polar surface area (TPSA) is 60.1 Å². The fourth-order valence-electron chi connectivity index (χ4n) is 6.92. The molecule has 0 unspecified atom stereocenters. The number of hydrogen-bond acceptors (Lipinski definition) is 2. The third-order valence-corrected chi connectivity index (χ3v) is 8.90. The van der Waals surface area contributed by atoms with E-state index in [0.717, 1.165) is 43.8 Å². The first-order valence-electron chi connectivity index (χ1n) is 14.8. The molecule has 0 saturated heterocycles. The summed E-state index contributed by atoms with van der Waals surface area (Å²) in [5, 5.41) is 4.57. The molecule has 1 heterocycles. The minimum absolute atomic E-state index is 0. The average molecular weight is 536 g/mol. The van der Waals surface area contributed by atoms with Crippen LogP contribution in [0, 0.1) is 5.92 Å². The summed E-state index contributed by atoms with van der Waals surface area (Å²) in [5.41, 5.74) is 13.9. The Morgan fingerprint density at radius 1 is 1.00 bits per heavy atom. The standard InChI is InChI=1S/C33H45N3O.ClH/c1-4-31(37)35-29-19-18-26(24-14-16-25(34)17-15-24)32(22(2)3)33(29)28-21-36(20-23-10-6-5-7-11-23)30-13-9-8-12-27(28)30;/h8-9,12-13,18-19,21-25H,4-7,10-11,14-17,20,34H2,1-3H3,(H,35,37);1H. The number of benzene rings is 2. The van der Waals surface area contributed by atoms with Crippen LogP contribution < -0.4 is 11.1 Å². The fourth-order valence-corrected chi connectivity index (χ4v) is 6.92. The molecule has 1 amide bonds. The van der Waals surface area contributed by atoms with E-state index in [1.807, 2.05) is 6.92 Å². The number of nitrogens with two attached hydrogens (primary N) is 1. The molecule has 5 heteroatoms. The van der Waals surface area contributed by atoms with E-state index in [2.05, 4.69) is 66.3 Å². The Kier molecular flexibility index (Phi) is 9.59. The molecule has 5 rings (SSSR count). The molecule has 2 aromatic carbocycles. The first-order valence-corrected chi connectivity index (χ1v) is 14.8. The van der Waals surface area contributed by atoms with E-state index in [9.17, 15) is 4.79 Å². The number of fused-ring (bicyclic) bond motifs is 1. The molecule has 0 spiro atoms. The Balaban J connectivity index is 0.00000336. The van der Waals surface area contributed by atoms with E-state index in [0.29, 0.717) is 24.3 Å². The van der Waals surface area contributed by atoms with E-state index in [-0.39, 0.29) is 18.3 Å². The molecule has 2 saturated carbocycles. The van der Waals surface area contributed by atoms with Crippen LogP contribution in [0.3, 0.4) is 0 Å². The monoisotopic (exact) mass is 535 g/mol. The first-order chi connectivity index (χ1) is 18.0. The molecule has 2 aliphatic rings. The van der Waals surface area contributed by atoms with E-state index in [4.69, 9.17) is 5.73 Å². The second-order valence-electron chi connectivity index (χ2n) is 11.9. The van der Waals surface area contributed by atoms with Crippen molar-refractivity contribution in [3.63, 3.8) is 0 Å². The number of carbonyl (C=O) groups excluding carboxylic acids is 1. The summed E-state index contributed by atoms with van der Waals surface area (Å²) >= 11 is 0. The molecule has 0 aliphatic heterocycles. The van der Waals surface area contributed by atoms with Gasteiger partial charge in [-0.2, -0.15) is 0 Å². The molecule has 206 valence electrons. The predicted molar refractivity (Wildman–Crippen MR) is 163 cm³/mol. The summed E-state index contributed by atoms with van der Waals surface area (Å²) in [4.78, 5) is 12.7. The van der Waals surface area contributed by atoms with Crippen LogP contribution in [0.25, 0.3) is 22.0 Å². The van der Waals surface area contributed by atoms with Gasteiger partial charge < -0.3 is 15.6 Å². The molecule has 0 radical (unpaired) electrons. The Hall–Kier alpha value is -2.30. The van der Waals surface area contributed by atoms with Crippen molar-refractivity contribution in [3.8, 4) is 11.1 Å². The van der Waals surface area contributed by atoms with Gasteiger partial charge in [-0.15, -0.1) is 12.4 Å². The molecule has 1 aromatic heterocycles. The molecule has 0 bridgehead atoms. The van der Waals surface area contributed by atoms with Crippen LogP contribution >= 0.6 is 12.4 Å². The third kappa shape index (κ3) is 5.97. The zero-order chi connectivity index (χ0) is 25.9. The van der Waals surface area contributed by atoms with Crippen molar-refractivity contribution in [2.75, 3.05) is 5.32 Å². The molecule has 3 aromatic rings. The molecule has 2 aliphatic carbocycles. The Bertz CT molecular complexity index is 1230. The van der Waals surface area contributed by atoms with Gasteiger partial charge in [0.25, 0.3) is 0 Å². The number of nitrogens with zero attached hydrogens (tertiary/aromatic N) is 1. The van der Waals surface area contributed by atoms with Crippen LogP contribution in [0.1, 0.15) is 108 Å². The van der Waals surface area contributed by atoms with Gasteiger partial charge >= 0.3 is 0 Å². The highest BCUT2D eigenvalue weighted by atomic mass is 35.5. The summed E-state index contributed by atoms with van der Waals surface area (Å²) in [6, 6.07) is 13.7. The van der Waals surface area contributed by atoms with Crippen molar-refractivity contribution < 1.29 is 4.79 Å². The molecule has 2 fully saturated rings. The van der Waals surface area contributed by atoms with Crippen LogP contribution in [-0.2, 0) is 11.3 Å². The number of nitrogens with one attached hydrogen (secondary N) is 1. The second kappa shape index (κ2) is 12.7. The molecule has 0 atom stereocenters. The SMILES string of the molecule is CCC(=O)Nc1ccc(C2CCC(N)CC2)c(C(C)C)c1-c1cn(CC2CCCCC2)c2ccccc12.Cl. The number of rotatable bonds is 7. The molecule has 3 N–H and O–H groups in total. The highest BCUT2D eigenvalue weighted by molar-refractivity contribution is 6.04. The number of carbonyl (C=O) groups is 1. The number of aromatic nitrogens is 1. The van der Waals surface area contributed by atoms with Gasteiger partial charge in [0, 0.05) is 52.9 Å². The fraction of sp³-hybridized carbons (Fsp3) is 0.545. The highest BCUT2D eigenvalue weighted by Gasteiger charge is 2.28. The lowest BCUT2D eigenvalue weighted by Crippen LogP contribution is -2.26. The van der Waals surface area contributed by atoms with Crippen molar-refractivity contribution in [3.05, 3.63) is 53.7 Å². The van der Waals surface area contributed by atoms with Crippen LogP contribution in [0.2, 0.25) is 0 Å². The number of halogens is 1. The van der Waals surface area contributed by atoms with Crippen LogP contribution in [0.15, 0.2) is 42.6 Å². The van der Waals surface area contributed by atoms with E-state index in [1.54, 1.807) is 0 Å². The minimum atomic E-state index is 0. The number of anilines is 1. The quantitative estimate of drug-likeness (QED) is 0.317. The first kappa shape index (κ1) is 28.7. The van der Waals surface area contributed by atoms with Gasteiger partial charge in [-0.3, -0.25) is 4.79 Å². The Morgan fingerprint density at radius 2 is 1.71 bits per heavy atom. The minimum Gasteiger partial charge on any atom is -0.347 e. The molecule has 4 nitrogen and oxygen atoms in total. The van der Waals surface area contributed by atoms with Crippen molar-refractivity contribution in [2.45, 2.75) is 109 Å². The van der Waals surface area contributed by atoms with E-state index >= 15 is 0 Å². The van der Waals surface area contributed by atoms with Crippen molar-refractivity contribution in [1.29, 1.82) is 0 Å². The van der Waals surface area contributed by atoms with Gasteiger partial charge in [0.15, 0.2) is 0 Å². The molecular weight excluding hydrogens is 490 g/mol. The zero-order valence-electron chi connectivity index (χ0n) is 23.5. The maximum absolute atomic E-state index is 12.7. The predicted octanol–water partition coefficient (Wildman–Crippen LogP) is 8.77. The molecular formula is C33H46ClN3O. The summed E-state index contributed by atoms with van der Waals surface area (Å²) in [6.07, 6.45) is 14.1. The normalized spacial score (nSPS) is 20.4. The van der Waals surface area contributed by atoms with Gasteiger partial charge in [-0.05, 0) is 79.5 Å². The van der Waals surface area contributed by atoms with Gasteiger partial charge in [-0.25, -0.2) is 0 Å². The summed E-state index contributed by atoms with van der Waals surface area (Å²) < 4.78 is 2.50. The van der Waals surface area contributed by atoms with Crippen molar-refractivity contribution in [2.24, 2.45) is 11.7 Å². The number of para-hydroxylation sites is 1. The van der Waals surface area contributed by atoms with Gasteiger partial charge in [-0.1, -0.05) is 64.3 Å². The highest BCUT2D eigenvalue weighted by Crippen LogP contribution is 2.46. The number of hydrogen-bond donors (Lipinski definition) is 2. The second-order valence-corrected chi connectivity index (χ2v) is 11.9. The van der Waals surface area contributed by atoms with Crippen LogP contribution in [0.4, 0.5) is 5.69 Å². The summed E-state index contributed by atoms with van der Waals surface area (Å²) in [5.74, 6) is 1.69. The lowest BCUT2D eigenvalue weighted by atomic mass is 9.76. The van der Waals surface area contributed by atoms with Gasteiger partial charge in [0.05, 0.1) is 0 Å².